The van der Waals surface area contributed by atoms with Crippen LogP contribution in [0.1, 0.15) is 31.0 Å². The zero-order chi connectivity index (χ0) is 14.7. The van der Waals surface area contributed by atoms with E-state index < -0.39 is 5.69 Å². The van der Waals surface area contributed by atoms with Gasteiger partial charge in [-0.3, -0.25) is 14.5 Å². The number of hydrogen-bond donors (Lipinski definition) is 1. The lowest BCUT2D eigenvalue weighted by Gasteiger charge is -2.35. The van der Waals surface area contributed by atoms with Crippen molar-refractivity contribution >= 4 is 5.91 Å². The van der Waals surface area contributed by atoms with Gasteiger partial charge in [-0.05, 0) is 31.4 Å². The standard InChI is InChI=1S/C14H17N5O2/c20-13(10-18-8-3-6-15-14(18)21)19-9-2-1-4-12(19)11-5-7-16-17-11/h3,5-8,12H,1-2,4,9-10H2,(H,16,17). The monoisotopic (exact) mass is 287 g/mol. The number of aromatic amines is 1. The molecule has 1 saturated heterocycles. The Bertz CT molecular complexity index is 664. The fourth-order valence-electron chi connectivity index (χ4n) is 2.75. The van der Waals surface area contributed by atoms with Gasteiger partial charge in [0.05, 0.1) is 11.7 Å². The topological polar surface area (TPSA) is 83.9 Å². The fraction of sp³-hybridized carbons (Fsp3) is 0.429. The molecule has 3 rings (SSSR count). The van der Waals surface area contributed by atoms with Crippen molar-refractivity contribution in [2.45, 2.75) is 31.8 Å². The van der Waals surface area contributed by atoms with Crippen LogP contribution >= 0.6 is 0 Å². The number of likely N-dealkylation sites (tertiary alicyclic amines) is 1. The molecule has 1 aliphatic rings. The van der Waals surface area contributed by atoms with Crippen molar-refractivity contribution in [3.63, 3.8) is 0 Å². The number of rotatable bonds is 3. The van der Waals surface area contributed by atoms with E-state index in [-0.39, 0.29) is 18.5 Å². The van der Waals surface area contributed by atoms with Crippen LogP contribution in [0.2, 0.25) is 0 Å². The molecular formula is C14H17N5O2. The maximum atomic E-state index is 12.5. The quantitative estimate of drug-likeness (QED) is 0.901. The second-order valence-electron chi connectivity index (χ2n) is 5.14. The van der Waals surface area contributed by atoms with Gasteiger partial charge < -0.3 is 4.90 Å². The SMILES string of the molecule is O=C(Cn1cccnc1=O)N1CCCCC1c1ccn[nH]1. The van der Waals surface area contributed by atoms with E-state index in [0.29, 0.717) is 6.54 Å². The molecule has 1 amide bonds. The van der Waals surface area contributed by atoms with Crippen molar-refractivity contribution in [2.24, 2.45) is 0 Å². The van der Waals surface area contributed by atoms with Crippen LogP contribution in [-0.4, -0.2) is 37.1 Å². The van der Waals surface area contributed by atoms with Gasteiger partial charge in [0.1, 0.15) is 6.54 Å². The van der Waals surface area contributed by atoms with E-state index in [9.17, 15) is 9.59 Å². The van der Waals surface area contributed by atoms with Crippen LogP contribution in [0, 0.1) is 0 Å². The van der Waals surface area contributed by atoms with Crippen molar-refractivity contribution in [2.75, 3.05) is 6.54 Å². The number of aromatic nitrogens is 4. The van der Waals surface area contributed by atoms with Crippen molar-refractivity contribution in [1.29, 1.82) is 0 Å². The lowest BCUT2D eigenvalue weighted by atomic mass is 9.99. The highest BCUT2D eigenvalue weighted by atomic mass is 16.2. The van der Waals surface area contributed by atoms with E-state index in [4.69, 9.17) is 0 Å². The van der Waals surface area contributed by atoms with E-state index in [2.05, 4.69) is 15.2 Å². The first-order valence-corrected chi connectivity index (χ1v) is 7.06. The molecule has 2 aromatic rings. The summed E-state index contributed by atoms with van der Waals surface area (Å²) in [5, 5.41) is 6.90. The maximum Gasteiger partial charge on any atom is 0.347 e. The molecule has 0 spiro atoms. The van der Waals surface area contributed by atoms with Crippen LogP contribution in [0.25, 0.3) is 0 Å². The normalized spacial score (nSPS) is 18.7. The molecule has 7 heteroatoms. The summed E-state index contributed by atoms with van der Waals surface area (Å²) in [6, 6.07) is 3.56. The molecule has 1 atom stereocenters. The first-order valence-electron chi connectivity index (χ1n) is 7.06. The molecule has 0 aromatic carbocycles. The number of carbonyl (C=O) groups excluding carboxylic acids is 1. The third-order valence-corrected chi connectivity index (χ3v) is 3.79. The minimum Gasteiger partial charge on any atom is -0.333 e. The molecule has 21 heavy (non-hydrogen) atoms. The first kappa shape index (κ1) is 13.5. The molecule has 2 aromatic heterocycles. The predicted octanol–water partition coefficient (Wildman–Crippen LogP) is 0.720. The summed E-state index contributed by atoms with van der Waals surface area (Å²) < 4.78 is 1.33. The van der Waals surface area contributed by atoms with Crippen molar-refractivity contribution in [1.82, 2.24) is 24.6 Å². The number of nitrogens with one attached hydrogen (secondary N) is 1. The zero-order valence-corrected chi connectivity index (χ0v) is 11.6. The van der Waals surface area contributed by atoms with Gasteiger partial charge in [-0.25, -0.2) is 9.78 Å². The second-order valence-corrected chi connectivity index (χ2v) is 5.14. The summed E-state index contributed by atoms with van der Waals surface area (Å²) in [5.74, 6) is -0.0654. The van der Waals surface area contributed by atoms with Crippen molar-refractivity contribution in [3.05, 3.63) is 46.9 Å². The van der Waals surface area contributed by atoms with Crippen LogP contribution in [0.5, 0.6) is 0 Å². The Labute approximate surface area is 121 Å². The molecule has 1 fully saturated rings. The highest BCUT2D eigenvalue weighted by Gasteiger charge is 2.28. The minimum atomic E-state index is -0.402. The molecular weight excluding hydrogens is 270 g/mol. The Balaban J connectivity index is 1.79. The largest absolute Gasteiger partial charge is 0.347 e. The first-order chi connectivity index (χ1) is 10.3. The van der Waals surface area contributed by atoms with E-state index in [0.717, 1.165) is 25.0 Å². The van der Waals surface area contributed by atoms with E-state index in [1.54, 1.807) is 18.5 Å². The summed E-state index contributed by atoms with van der Waals surface area (Å²) in [5.41, 5.74) is 0.544. The summed E-state index contributed by atoms with van der Waals surface area (Å²) in [7, 11) is 0. The number of hydrogen-bond acceptors (Lipinski definition) is 4. The molecule has 1 N–H and O–H groups in total. The van der Waals surface area contributed by atoms with Gasteiger partial charge in [0, 0.05) is 25.1 Å². The number of H-pyrrole nitrogens is 1. The molecule has 0 aliphatic carbocycles. The van der Waals surface area contributed by atoms with Crippen LogP contribution in [0.15, 0.2) is 35.5 Å². The Morgan fingerprint density at radius 1 is 1.38 bits per heavy atom. The zero-order valence-electron chi connectivity index (χ0n) is 11.6. The minimum absolute atomic E-state index is 0.0149. The van der Waals surface area contributed by atoms with Crippen molar-refractivity contribution < 1.29 is 4.79 Å². The molecule has 1 unspecified atom stereocenters. The number of carbonyl (C=O) groups is 1. The summed E-state index contributed by atoms with van der Waals surface area (Å²) in [4.78, 5) is 29.6. The number of nitrogens with zero attached hydrogens (tertiary/aromatic N) is 4. The maximum absolute atomic E-state index is 12.5. The van der Waals surface area contributed by atoms with Crippen LogP contribution < -0.4 is 5.69 Å². The fourth-order valence-corrected chi connectivity index (χ4v) is 2.75. The average Bonchev–Trinajstić information content (AvgIpc) is 3.04. The van der Waals surface area contributed by atoms with E-state index >= 15 is 0 Å². The van der Waals surface area contributed by atoms with Crippen LogP contribution in [0.3, 0.4) is 0 Å². The highest BCUT2D eigenvalue weighted by Crippen LogP contribution is 2.29. The van der Waals surface area contributed by atoms with Crippen LogP contribution in [-0.2, 0) is 11.3 Å². The highest BCUT2D eigenvalue weighted by molar-refractivity contribution is 5.76. The van der Waals surface area contributed by atoms with Gasteiger partial charge >= 0.3 is 5.69 Å². The Kier molecular flexibility index (Phi) is 3.81. The second kappa shape index (κ2) is 5.90. The molecule has 0 bridgehead atoms. The predicted molar refractivity (Wildman–Crippen MR) is 75.4 cm³/mol. The van der Waals surface area contributed by atoms with Gasteiger partial charge in [0.15, 0.2) is 0 Å². The Morgan fingerprint density at radius 3 is 3.05 bits per heavy atom. The third-order valence-electron chi connectivity index (χ3n) is 3.79. The van der Waals surface area contributed by atoms with Gasteiger partial charge in [-0.2, -0.15) is 5.10 Å². The molecule has 1 aliphatic heterocycles. The van der Waals surface area contributed by atoms with Gasteiger partial charge in [0.2, 0.25) is 5.91 Å². The molecule has 110 valence electrons. The third kappa shape index (κ3) is 2.86. The van der Waals surface area contributed by atoms with Crippen molar-refractivity contribution in [3.8, 4) is 0 Å². The number of amides is 1. The lowest BCUT2D eigenvalue weighted by molar-refractivity contribution is -0.135. The average molecular weight is 287 g/mol. The molecule has 0 saturated carbocycles. The van der Waals surface area contributed by atoms with Gasteiger partial charge in [0.25, 0.3) is 0 Å². The van der Waals surface area contributed by atoms with E-state index in [1.807, 2.05) is 11.0 Å². The Morgan fingerprint density at radius 2 is 2.29 bits per heavy atom. The summed E-state index contributed by atoms with van der Waals surface area (Å²) in [6.45, 7) is 0.731. The van der Waals surface area contributed by atoms with Gasteiger partial charge in [-0.15, -0.1) is 0 Å². The smallest absolute Gasteiger partial charge is 0.333 e. The molecule has 3 heterocycles. The summed E-state index contributed by atoms with van der Waals surface area (Å²) in [6.07, 6.45) is 7.69. The number of piperidine rings is 1. The Hall–Kier alpha value is -2.44. The molecule has 7 nitrogen and oxygen atoms in total. The van der Waals surface area contributed by atoms with E-state index in [1.165, 1.54) is 10.8 Å². The summed E-state index contributed by atoms with van der Waals surface area (Å²) >= 11 is 0. The van der Waals surface area contributed by atoms with Gasteiger partial charge in [-0.1, -0.05) is 0 Å². The lowest BCUT2D eigenvalue weighted by Crippen LogP contribution is -2.42. The van der Waals surface area contributed by atoms with Crippen LogP contribution in [0.4, 0.5) is 0 Å². The molecule has 0 radical (unpaired) electrons.